The minimum Gasteiger partial charge on any atom is -0.391 e. The van der Waals surface area contributed by atoms with Gasteiger partial charge in [0.1, 0.15) is 24.4 Å². The van der Waals surface area contributed by atoms with E-state index in [0.717, 1.165) is 11.1 Å². The van der Waals surface area contributed by atoms with Crippen LogP contribution >= 0.6 is 0 Å². The molecular formula is C25H32O7S. The number of aliphatic hydroxyl groups is 1. The Morgan fingerprint density at radius 3 is 2.39 bits per heavy atom. The van der Waals surface area contributed by atoms with E-state index in [9.17, 15) is 9.32 Å². The number of hydrogen-bond donors (Lipinski definition) is 1. The average Bonchev–Trinajstić information content (AvgIpc) is 2.86. The molecule has 2 fully saturated rings. The average molecular weight is 477 g/mol. The summed E-state index contributed by atoms with van der Waals surface area (Å²) in [6.45, 7) is 4.20. The highest BCUT2D eigenvalue weighted by Gasteiger charge is 2.52. The van der Waals surface area contributed by atoms with Crippen LogP contribution in [-0.2, 0) is 41.1 Å². The molecule has 2 saturated heterocycles. The number of aliphatic hydroxyl groups excluding tert-OH is 1. The van der Waals surface area contributed by atoms with Gasteiger partial charge in [0.15, 0.2) is 11.7 Å². The summed E-state index contributed by atoms with van der Waals surface area (Å²) < 4.78 is 43.9. The van der Waals surface area contributed by atoms with Crippen molar-refractivity contribution in [3.63, 3.8) is 0 Å². The lowest BCUT2D eigenvalue weighted by atomic mass is 9.98. The first kappa shape index (κ1) is 24.5. The van der Waals surface area contributed by atoms with Crippen molar-refractivity contribution in [2.75, 3.05) is 19.0 Å². The quantitative estimate of drug-likeness (QED) is 0.596. The second kappa shape index (κ2) is 11.7. The molecule has 2 aliphatic rings. The van der Waals surface area contributed by atoms with Gasteiger partial charge in [-0.25, -0.2) is 0 Å². The lowest BCUT2D eigenvalue weighted by Crippen LogP contribution is -2.64. The van der Waals surface area contributed by atoms with Gasteiger partial charge in [0.25, 0.3) is 0 Å². The minimum atomic E-state index is -1.31. The molecule has 2 aromatic rings. The monoisotopic (exact) mass is 476 g/mol. The van der Waals surface area contributed by atoms with Crippen LogP contribution in [0.2, 0.25) is 0 Å². The van der Waals surface area contributed by atoms with E-state index < -0.39 is 53.0 Å². The molecule has 33 heavy (non-hydrogen) atoms. The predicted molar refractivity (Wildman–Crippen MR) is 124 cm³/mol. The van der Waals surface area contributed by atoms with Gasteiger partial charge in [0.05, 0.1) is 36.7 Å². The van der Waals surface area contributed by atoms with Gasteiger partial charge in [-0.2, -0.15) is 0 Å². The molecule has 2 aliphatic heterocycles. The molecule has 1 unspecified atom stereocenters. The Morgan fingerprint density at radius 1 is 1.03 bits per heavy atom. The highest BCUT2D eigenvalue weighted by molar-refractivity contribution is 7.85. The zero-order valence-electron chi connectivity index (χ0n) is 18.9. The van der Waals surface area contributed by atoms with Crippen LogP contribution in [0.4, 0.5) is 0 Å². The molecule has 180 valence electrons. The van der Waals surface area contributed by atoms with Crippen LogP contribution in [0.25, 0.3) is 0 Å². The van der Waals surface area contributed by atoms with Crippen LogP contribution in [-0.4, -0.2) is 64.2 Å². The molecule has 4 rings (SSSR count). The molecule has 0 aromatic heterocycles. The van der Waals surface area contributed by atoms with Crippen LogP contribution in [0, 0.1) is 0 Å². The van der Waals surface area contributed by atoms with Crippen LogP contribution < -0.4 is 0 Å². The standard InChI is InChI=1S/C25H32O7S/c1-3-33(27)25-23(28-14-17(2)26)22(29-15-18-10-6-4-7-11-18)21-20(31-25)16-30-24(32-21)19-12-8-5-9-13-19/h4-13,17,20-26H,3,14-16H2,1-2H3/t17?,20-,21-,22+,23+,24-,25-,33+/m1/s1. The fourth-order valence-corrected chi connectivity index (χ4v) is 5.21. The highest BCUT2D eigenvalue weighted by Crippen LogP contribution is 2.37. The zero-order chi connectivity index (χ0) is 23.2. The third-order valence-electron chi connectivity index (χ3n) is 5.71. The van der Waals surface area contributed by atoms with Gasteiger partial charge in [-0.15, -0.1) is 0 Å². The maximum Gasteiger partial charge on any atom is 0.184 e. The summed E-state index contributed by atoms with van der Waals surface area (Å²) in [7, 11) is -1.31. The number of fused-ring (bicyclic) bond motifs is 1. The highest BCUT2D eigenvalue weighted by atomic mass is 32.2. The normalized spacial score (nSPS) is 31.5. The molecular weight excluding hydrogens is 444 g/mol. The summed E-state index contributed by atoms with van der Waals surface area (Å²) in [6.07, 6.45) is -3.40. The molecule has 0 spiro atoms. The van der Waals surface area contributed by atoms with Crippen LogP contribution in [0.3, 0.4) is 0 Å². The van der Waals surface area contributed by atoms with Gasteiger partial charge in [-0.1, -0.05) is 67.6 Å². The van der Waals surface area contributed by atoms with Crippen molar-refractivity contribution in [2.45, 2.75) is 62.7 Å². The van der Waals surface area contributed by atoms with E-state index in [1.165, 1.54) is 0 Å². The Balaban J connectivity index is 1.61. The lowest BCUT2D eigenvalue weighted by Gasteiger charge is -2.49. The largest absolute Gasteiger partial charge is 0.391 e. The first-order chi connectivity index (χ1) is 16.1. The van der Waals surface area contributed by atoms with E-state index in [-0.39, 0.29) is 13.2 Å². The summed E-state index contributed by atoms with van der Waals surface area (Å²) in [6, 6.07) is 19.5. The zero-order valence-corrected chi connectivity index (χ0v) is 19.8. The maximum atomic E-state index is 12.9. The van der Waals surface area contributed by atoms with Crippen molar-refractivity contribution in [1.29, 1.82) is 0 Å². The Kier molecular flexibility index (Phi) is 8.65. The topological polar surface area (TPSA) is 83.5 Å². The Hall–Kier alpha value is -1.65. The van der Waals surface area contributed by atoms with E-state index in [1.54, 1.807) is 6.92 Å². The summed E-state index contributed by atoms with van der Waals surface area (Å²) in [5.41, 5.74) is 1.20. The van der Waals surface area contributed by atoms with Gasteiger partial charge in [-0.05, 0) is 12.5 Å². The predicted octanol–water partition coefficient (Wildman–Crippen LogP) is 2.95. The first-order valence-corrected chi connectivity index (χ1v) is 12.7. The van der Waals surface area contributed by atoms with Gasteiger partial charge in [0.2, 0.25) is 0 Å². The van der Waals surface area contributed by atoms with E-state index >= 15 is 0 Å². The third kappa shape index (κ3) is 6.08. The van der Waals surface area contributed by atoms with Crippen molar-refractivity contribution in [3.05, 3.63) is 71.8 Å². The summed E-state index contributed by atoms with van der Waals surface area (Å²) in [5, 5.41) is 9.85. The summed E-state index contributed by atoms with van der Waals surface area (Å²) in [4.78, 5) is 0. The summed E-state index contributed by atoms with van der Waals surface area (Å²) >= 11 is 0. The fraction of sp³-hybridized carbons (Fsp3) is 0.520. The first-order valence-electron chi connectivity index (χ1n) is 11.4. The lowest BCUT2D eigenvalue weighted by molar-refractivity contribution is -0.330. The van der Waals surface area contributed by atoms with E-state index in [1.807, 2.05) is 67.6 Å². The molecule has 8 atom stereocenters. The van der Waals surface area contributed by atoms with Crippen molar-refractivity contribution >= 4 is 10.8 Å². The van der Waals surface area contributed by atoms with Crippen molar-refractivity contribution < 1.29 is 33.0 Å². The summed E-state index contributed by atoms with van der Waals surface area (Å²) in [5.74, 6) is 0.413. The SMILES string of the molecule is CC[S@](=O)[C@H]1O[C@@H]2CO[C@@H](c3ccccc3)O[C@H]2[C@H](OCc2ccccc2)[C@@H]1OCC(C)O. The number of hydrogen-bond acceptors (Lipinski definition) is 7. The van der Waals surface area contributed by atoms with Crippen LogP contribution in [0.1, 0.15) is 31.3 Å². The second-order valence-corrected chi connectivity index (χ2v) is 10.1. The van der Waals surface area contributed by atoms with Crippen molar-refractivity contribution in [1.82, 2.24) is 0 Å². The molecule has 0 bridgehead atoms. The molecule has 0 saturated carbocycles. The molecule has 2 heterocycles. The van der Waals surface area contributed by atoms with Crippen molar-refractivity contribution in [2.24, 2.45) is 0 Å². The van der Waals surface area contributed by atoms with Gasteiger partial charge < -0.3 is 28.8 Å². The second-order valence-electron chi connectivity index (χ2n) is 8.30. The smallest absolute Gasteiger partial charge is 0.184 e. The molecule has 1 N–H and O–H groups in total. The number of rotatable bonds is 9. The van der Waals surface area contributed by atoms with Crippen LogP contribution in [0.15, 0.2) is 60.7 Å². The number of benzene rings is 2. The maximum absolute atomic E-state index is 12.9. The molecule has 8 heteroatoms. The van der Waals surface area contributed by atoms with Crippen molar-refractivity contribution in [3.8, 4) is 0 Å². The molecule has 0 radical (unpaired) electrons. The van der Waals surface area contributed by atoms with Gasteiger partial charge in [-0.3, -0.25) is 4.21 Å². The fourth-order valence-electron chi connectivity index (χ4n) is 4.08. The molecule has 2 aromatic carbocycles. The Labute approximate surface area is 197 Å². The molecule has 0 amide bonds. The molecule has 0 aliphatic carbocycles. The van der Waals surface area contributed by atoms with Gasteiger partial charge in [0, 0.05) is 11.3 Å². The Morgan fingerprint density at radius 2 is 1.73 bits per heavy atom. The minimum absolute atomic E-state index is 0.0760. The number of ether oxygens (including phenoxy) is 5. The van der Waals surface area contributed by atoms with E-state index in [2.05, 4.69) is 0 Å². The molecule has 7 nitrogen and oxygen atoms in total. The Bertz CT molecular complexity index is 879. The van der Waals surface area contributed by atoms with E-state index in [0.29, 0.717) is 12.4 Å². The third-order valence-corrected chi connectivity index (χ3v) is 7.18. The van der Waals surface area contributed by atoms with E-state index in [4.69, 9.17) is 23.7 Å². The van der Waals surface area contributed by atoms with Gasteiger partial charge >= 0.3 is 0 Å². The van der Waals surface area contributed by atoms with Crippen LogP contribution in [0.5, 0.6) is 0 Å².